The van der Waals surface area contributed by atoms with E-state index >= 15 is 0 Å². The molecule has 2 aliphatic rings. The Morgan fingerprint density at radius 1 is 0.960 bits per heavy atom. The van der Waals surface area contributed by atoms with Crippen LogP contribution in [0, 0.1) is 0 Å². The zero-order valence-corrected chi connectivity index (χ0v) is 14.4. The summed E-state index contributed by atoms with van der Waals surface area (Å²) in [5.74, 6) is 0.382. The lowest BCUT2D eigenvalue weighted by molar-refractivity contribution is 0.0372. The summed E-state index contributed by atoms with van der Waals surface area (Å²) in [6.45, 7) is 3.85. The van der Waals surface area contributed by atoms with Gasteiger partial charge in [0.1, 0.15) is 5.75 Å². The number of carbonyl (C=O) groups is 1. The van der Waals surface area contributed by atoms with E-state index in [2.05, 4.69) is 4.90 Å². The van der Waals surface area contributed by atoms with Gasteiger partial charge in [0.2, 0.25) is 0 Å². The Labute approximate surface area is 148 Å². The van der Waals surface area contributed by atoms with Crippen molar-refractivity contribution in [1.82, 2.24) is 9.80 Å². The molecule has 2 saturated heterocycles. The molecule has 0 unspecified atom stereocenters. The lowest BCUT2D eigenvalue weighted by Crippen LogP contribution is -2.56. The van der Waals surface area contributed by atoms with Crippen molar-refractivity contribution in [3.05, 3.63) is 54.1 Å². The summed E-state index contributed by atoms with van der Waals surface area (Å²) >= 11 is 0. The third-order valence-corrected chi connectivity index (χ3v) is 5.43. The van der Waals surface area contributed by atoms with Crippen LogP contribution in [-0.2, 0) is 0 Å². The second kappa shape index (κ2) is 6.89. The fourth-order valence-electron chi connectivity index (χ4n) is 4.01. The van der Waals surface area contributed by atoms with E-state index in [0.717, 1.165) is 36.3 Å². The number of benzene rings is 2. The van der Waals surface area contributed by atoms with Gasteiger partial charge < -0.3 is 10.0 Å². The molecule has 2 aromatic rings. The van der Waals surface area contributed by atoms with Gasteiger partial charge in [0.25, 0.3) is 5.91 Å². The highest BCUT2D eigenvalue weighted by Crippen LogP contribution is 2.25. The van der Waals surface area contributed by atoms with Gasteiger partial charge in [0, 0.05) is 31.2 Å². The lowest BCUT2D eigenvalue weighted by atomic mass is 9.98. The SMILES string of the molecule is O=C(c1cccc(-c2ccc(O)cc2)c1)N1CCN2CCCC[C@@H]2C1. The maximum Gasteiger partial charge on any atom is 0.253 e. The van der Waals surface area contributed by atoms with Crippen molar-refractivity contribution in [3.8, 4) is 16.9 Å². The van der Waals surface area contributed by atoms with Crippen LogP contribution >= 0.6 is 0 Å². The Kier molecular flexibility index (Phi) is 4.45. The Balaban J connectivity index is 1.52. The lowest BCUT2D eigenvalue weighted by Gasteiger charge is -2.44. The van der Waals surface area contributed by atoms with Crippen LogP contribution in [0.3, 0.4) is 0 Å². The van der Waals surface area contributed by atoms with Crippen molar-refractivity contribution in [1.29, 1.82) is 0 Å². The van der Waals surface area contributed by atoms with E-state index in [1.54, 1.807) is 12.1 Å². The van der Waals surface area contributed by atoms with Crippen LogP contribution in [-0.4, -0.2) is 53.0 Å². The minimum absolute atomic E-state index is 0.130. The summed E-state index contributed by atoms with van der Waals surface area (Å²) < 4.78 is 0. The highest BCUT2D eigenvalue weighted by Gasteiger charge is 2.31. The van der Waals surface area contributed by atoms with Gasteiger partial charge in [-0.3, -0.25) is 9.69 Å². The largest absolute Gasteiger partial charge is 0.508 e. The second-order valence-electron chi connectivity index (χ2n) is 7.06. The number of hydrogen-bond donors (Lipinski definition) is 1. The van der Waals surface area contributed by atoms with Crippen LogP contribution in [0.15, 0.2) is 48.5 Å². The molecule has 0 saturated carbocycles. The van der Waals surface area contributed by atoms with Gasteiger partial charge in [-0.1, -0.05) is 30.7 Å². The highest BCUT2D eigenvalue weighted by molar-refractivity contribution is 5.95. The zero-order valence-electron chi connectivity index (χ0n) is 14.4. The topological polar surface area (TPSA) is 43.8 Å². The predicted octanol–water partition coefficient (Wildman–Crippen LogP) is 3.37. The number of hydrogen-bond acceptors (Lipinski definition) is 3. The molecule has 4 heteroatoms. The van der Waals surface area contributed by atoms with Gasteiger partial charge >= 0.3 is 0 Å². The van der Waals surface area contributed by atoms with Gasteiger partial charge in [-0.25, -0.2) is 0 Å². The smallest absolute Gasteiger partial charge is 0.253 e. The van der Waals surface area contributed by atoms with Crippen LogP contribution in [0.25, 0.3) is 11.1 Å². The number of phenolic OH excluding ortho intramolecular Hbond substituents is 1. The van der Waals surface area contributed by atoms with E-state index in [9.17, 15) is 9.90 Å². The molecule has 1 N–H and O–H groups in total. The Morgan fingerprint density at radius 2 is 1.80 bits per heavy atom. The molecular weight excluding hydrogens is 312 g/mol. The first kappa shape index (κ1) is 16.2. The van der Waals surface area contributed by atoms with Crippen LogP contribution in [0.5, 0.6) is 5.75 Å². The molecule has 0 radical (unpaired) electrons. The predicted molar refractivity (Wildman–Crippen MR) is 98.7 cm³/mol. The quantitative estimate of drug-likeness (QED) is 0.914. The van der Waals surface area contributed by atoms with E-state index in [-0.39, 0.29) is 11.7 Å². The third kappa shape index (κ3) is 3.40. The van der Waals surface area contributed by atoms with Crippen LogP contribution in [0.2, 0.25) is 0 Å². The number of nitrogens with zero attached hydrogens (tertiary/aromatic N) is 2. The highest BCUT2D eigenvalue weighted by atomic mass is 16.3. The minimum atomic E-state index is 0.130. The number of fused-ring (bicyclic) bond motifs is 1. The molecule has 0 aromatic heterocycles. The number of amides is 1. The van der Waals surface area contributed by atoms with Crippen LogP contribution in [0.4, 0.5) is 0 Å². The number of piperazine rings is 1. The fourth-order valence-corrected chi connectivity index (χ4v) is 4.01. The van der Waals surface area contributed by atoms with Gasteiger partial charge in [0.05, 0.1) is 0 Å². The molecule has 2 aromatic carbocycles. The molecule has 2 aliphatic heterocycles. The summed E-state index contributed by atoms with van der Waals surface area (Å²) in [6.07, 6.45) is 3.77. The van der Waals surface area contributed by atoms with E-state index in [1.807, 2.05) is 41.3 Å². The second-order valence-corrected chi connectivity index (χ2v) is 7.06. The molecule has 1 atom stereocenters. The summed E-state index contributed by atoms with van der Waals surface area (Å²) in [4.78, 5) is 17.5. The zero-order chi connectivity index (χ0) is 17.2. The molecule has 2 fully saturated rings. The Morgan fingerprint density at radius 3 is 2.64 bits per heavy atom. The number of aromatic hydroxyl groups is 1. The van der Waals surface area contributed by atoms with Gasteiger partial charge in [-0.15, -0.1) is 0 Å². The molecule has 4 rings (SSSR count). The van der Waals surface area contributed by atoms with Crippen molar-refractivity contribution in [2.75, 3.05) is 26.2 Å². The first-order valence-corrected chi connectivity index (χ1v) is 9.13. The summed E-state index contributed by atoms with van der Waals surface area (Å²) in [5.41, 5.74) is 2.75. The van der Waals surface area contributed by atoms with Crippen molar-refractivity contribution in [2.45, 2.75) is 25.3 Å². The average molecular weight is 336 g/mol. The molecular formula is C21H24N2O2. The average Bonchev–Trinajstić information content (AvgIpc) is 2.68. The van der Waals surface area contributed by atoms with E-state index in [1.165, 1.54) is 25.8 Å². The summed E-state index contributed by atoms with van der Waals surface area (Å²) in [5, 5.41) is 9.45. The first-order chi connectivity index (χ1) is 12.2. The van der Waals surface area contributed by atoms with E-state index in [4.69, 9.17) is 0 Å². The maximum atomic E-state index is 13.0. The number of rotatable bonds is 2. The molecule has 130 valence electrons. The molecule has 0 aliphatic carbocycles. The molecule has 0 spiro atoms. The van der Waals surface area contributed by atoms with Gasteiger partial charge in [-0.2, -0.15) is 0 Å². The number of piperidine rings is 1. The number of carbonyl (C=O) groups excluding carboxylic acids is 1. The van der Waals surface area contributed by atoms with Gasteiger partial charge in [-0.05, 0) is 54.8 Å². The summed E-state index contributed by atoms with van der Waals surface area (Å²) in [7, 11) is 0. The van der Waals surface area contributed by atoms with Crippen molar-refractivity contribution >= 4 is 5.91 Å². The molecule has 0 bridgehead atoms. The number of phenols is 1. The Hall–Kier alpha value is -2.33. The normalized spacial score (nSPS) is 21.0. The van der Waals surface area contributed by atoms with Crippen molar-refractivity contribution < 1.29 is 9.90 Å². The van der Waals surface area contributed by atoms with Crippen LogP contribution < -0.4 is 0 Å². The monoisotopic (exact) mass is 336 g/mol. The van der Waals surface area contributed by atoms with E-state index < -0.39 is 0 Å². The minimum Gasteiger partial charge on any atom is -0.508 e. The molecule has 4 nitrogen and oxygen atoms in total. The molecule has 1 amide bonds. The summed E-state index contributed by atoms with van der Waals surface area (Å²) in [6, 6.07) is 15.4. The molecule has 25 heavy (non-hydrogen) atoms. The standard InChI is InChI=1S/C21H24N2O2/c24-20-9-7-16(8-10-20)17-4-3-5-18(14-17)21(25)23-13-12-22-11-2-1-6-19(22)15-23/h3-5,7-10,14,19,24H,1-2,6,11-13,15H2/t19-/m1/s1. The molecule has 2 heterocycles. The van der Waals surface area contributed by atoms with Crippen LogP contribution in [0.1, 0.15) is 29.6 Å². The third-order valence-electron chi connectivity index (χ3n) is 5.43. The maximum absolute atomic E-state index is 13.0. The van der Waals surface area contributed by atoms with Gasteiger partial charge in [0.15, 0.2) is 0 Å². The Bertz CT molecular complexity index is 757. The van der Waals surface area contributed by atoms with Crippen molar-refractivity contribution in [3.63, 3.8) is 0 Å². The van der Waals surface area contributed by atoms with E-state index in [0.29, 0.717) is 6.04 Å². The fraction of sp³-hybridized carbons (Fsp3) is 0.381. The van der Waals surface area contributed by atoms with Crippen molar-refractivity contribution in [2.24, 2.45) is 0 Å². The first-order valence-electron chi connectivity index (χ1n) is 9.13.